The molecule has 8 nitrogen and oxygen atoms in total. The van der Waals surface area contributed by atoms with E-state index in [1.807, 2.05) is 24.3 Å². The van der Waals surface area contributed by atoms with Crippen LogP contribution in [0.3, 0.4) is 0 Å². The van der Waals surface area contributed by atoms with Crippen molar-refractivity contribution in [1.29, 1.82) is 0 Å². The van der Waals surface area contributed by atoms with E-state index in [1.54, 1.807) is 49.6 Å². The molecular weight excluding hydrogens is 474 g/mol. The van der Waals surface area contributed by atoms with Gasteiger partial charge < -0.3 is 29.0 Å². The number of ketones is 1. The van der Waals surface area contributed by atoms with Crippen LogP contribution in [-0.2, 0) is 16.0 Å². The Morgan fingerprint density at radius 2 is 1.46 bits per heavy atom. The number of ether oxygens (including phenoxy) is 4. The third-order valence-corrected chi connectivity index (χ3v) is 6.44. The van der Waals surface area contributed by atoms with Crippen molar-refractivity contribution in [1.82, 2.24) is 4.90 Å². The number of aliphatic hydroxyl groups is 1. The summed E-state index contributed by atoms with van der Waals surface area (Å²) in [6.07, 6.45) is 0.491. The molecule has 1 heterocycles. The molecule has 1 saturated heterocycles. The lowest BCUT2D eigenvalue weighted by atomic mass is 9.94. The minimum Gasteiger partial charge on any atom is -0.507 e. The first-order chi connectivity index (χ1) is 17.9. The van der Waals surface area contributed by atoms with Crippen LogP contribution < -0.4 is 18.9 Å². The second-order valence-electron chi connectivity index (χ2n) is 8.40. The van der Waals surface area contributed by atoms with Crippen molar-refractivity contribution in [3.05, 3.63) is 89.0 Å². The lowest BCUT2D eigenvalue weighted by Crippen LogP contribution is -2.31. The van der Waals surface area contributed by atoms with Gasteiger partial charge in [0.2, 0.25) is 0 Å². The summed E-state index contributed by atoms with van der Waals surface area (Å²) in [6, 6.07) is 18.7. The van der Waals surface area contributed by atoms with Crippen LogP contribution in [0, 0.1) is 0 Å². The van der Waals surface area contributed by atoms with Gasteiger partial charge in [-0.25, -0.2) is 0 Å². The number of aliphatic hydroxyl groups excluding tert-OH is 1. The highest BCUT2D eigenvalue weighted by atomic mass is 16.5. The Morgan fingerprint density at radius 3 is 2.11 bits per heavy atom. The molecule has 0 saturated carbocycles. The molecule has 8 heteroatoms. The number of Topliss-reactive ketones (excluding diaryl/α,β-unsaturated/α-hetero) is 1. The van der Waals surface area contributed by atoms with Crippen molar-refractivity contribution in [2.45, 2.75) is 12.5 Å². The second-order valence-corrected chi connectivity index (χ2v) is 8.40. The van der Waals surface area contributed by atoms with Gasteiger partial charge in [-0.05, 0) is 48.4 Å². The lowest BCUT2D eigenvalue weighted by Gasteiger charge is -2.26. The van der Waals surface area contributed by atoms with Gasteiger partial charge in [0.15, 0.2) is 0 Å². The Bertz CT molecular complexity index is 1330. The summed E-state index contributed by atoms with van der Waals surface area (Å²) in [4.78, 5) is 28.2. The number of hydrogen-bond donors (Lipinski definition) is 1. The maximum absolute atomic E-state index is 13.4. The van der Waals surface area contributed by atoms with Gasteiger partial charge in [-0.15, -0.1) is 0 Å². The highest BCUT2D eigenvalue weighted by Crippen LogP contribution is 2.44. The average molecular weight is 504 g/mol. The lowest BCUT2D eigenvalue weighted by molar-refractivity contribution is -0.139. The largest absolute Gasteiger partial charge is 0.507 e. The summed E-state index contributed by atoms with van der Waals surface area (Å²) in [5, 5.41) is 11.5. The van der Waals surface area contributed by atoms with Crippen LogP contribution in [-0.4, -0.2) is 56.7 Å². The van der Waals surface area contributed by atoms with Gasteiger partial charge in [-0.2, -0.15) is 0 Å². The molecule has 37 heavy (non-hydrogen) atoms. The number of amides is 1. The number of carbonyl (C=O) groups is 2. The third-order valence-electron chi connectivity index (χ3n) is 6.44. The number of hydrogen-bond acceptors (Lipinski definition) is 7. The molecular formula is C29H29NO7. The Balaban J connectivity index is 1.84. The summed E-state index contributed by atoms with van der Waals surface area (Å²) in [6.45, 7) is 0.242. The van der Waals surface area contributed by atoms with Crippen molar-refractivity contribution in [3.63, 3.8) is 0 Å². The zero-order valence-electron chi connectivity index (χ0n) is 21.2. The van der Waals surface area contributed by atoms with E-state index in [2.05, 4.69) is 0 Å². The predicted octanol–water partition coefficient (Wildman–Crippen LogP) is 4.39. The van der Waals surface area contributed by atoms with E-state index >= 15 is 0 Å². The molecule has 1 atom stereocenters. The molecule has 0 aliphatic carbocycles. The van der Waals surface area contributed by atoms with Crippen LogP contribution in [0.25, 0.3) is 5.76 Å². The number of nitrogens with zero attached hydrogens (tertiary/aromatic N) is 1. The fourth-order valence-corrected chi connectivity index (χ4v) is 4.51. The maximum Gasteiger partial charge on any atom is 0.295 e. The molecule has 192 valence electrons. The topological polar surface area (TPSA) is 94.5 Å². The first-order valence-corrected chi connectivity index (χ1v) is 11.7. The average Bonchev–Trinajstić information content (AvgIpc) is 3.20. The van der Waals surface area contributed by atoms with Gasteiger partial charge in [0.25, 0.3) is 11.7 Å². The Hall–Kier alpha value is -4.46. The molecule has 1 aliphatic heterocycles. The Kier molecular flexibility index (Phi) is 7.67. The van der Waals surface area contributed by atoms with Gasteiger partial charge in [-0.1, -0.05) is 30.3 Å². The van der Waals surface area contributed by atoms with Gasteiger partial charge in [0.05, 0.1) is 45.6 Å². The molecule has 0 radical (unpaired) electrons. The zero-order chi connectivity index (χ0) is 26.5. The highest BCUT2D eigenvalue weighted by molar-refractivity contribution is 6.46. The monoisotopic (exact) mass is 503 g/mol. The first kappa shape index (κ1) is 25.6. The number of methoxy groups -OCH3 is 4. The Morgan fingerprint density at radius 1 is 0.811 bits per heavy atom. The summed E-state index contributed by atoms with van der Waals surface area (Å²) >= 11 is 0. The molecule has 3 aromatic carbocycles. The maximum atomic E-state index is 13.4. The van der Waals surface area contributed by atoms with Crippen LogP contribution in [0.2, 0.25) is 0 Å². The van der Waals surface area contributed by atoms with E-state index in [4.69, 9.17) is 18.9 Å². The summed E-state index contributed by atoms with van der Waals surface area (Å²) in [5.74, 6) is 0.182. The van der Waals surface area contributed by atoms with Crippen molar-refractivity contribution in [2.75, 3.05) is 35.0 Å². The van der Waals surface area contributed by atoms with Crippen molar-refractivity contribution < 1.29 is 33.6 Å². The summed E-state index contributed by atoms with van der Waals surface area (Å²) in [7, 11) is 6.08. The van der Waals surface area contributed by atoms with E-state index in [1.165, 1.54) is 26.2 Å². The van der Waals surface area contributed by atoms with Gasteiger partial charge in [0, 0.05) is 12.1 Å². The summed E-state index contributed by atoms with van der Waals surface area (Å²) in [5.41, 5.74) is 1.75. The van der Waals surface area contributed by atoms with Crippen molar-refractivity contribution in [2.24, 2.45) is 0 Å². The van der Waals surface area contributed by atoms with Crippen LogP contribution in [0.15, 0.2) is 72.3 Å². The molecule has 0 bridgehead atoms. The molecule has 1 aliphatic rings. The van der Waals surface area contributed by atoms with Crippen LogP contribution in [0.5, 0.6) is 23.0 Å². The standard InChI is InChI=1S/C29H29NO7/c1-34-19-11-9-18(10-12-19)15-16-30-26(21-7-5-6-8-23(21)36-3)25(28(32)29(30)33)27(31)22-17-20(35-2)13-14-24(22)37-4/h5-14,17,26,31H,15-16H2,1-4H3/b27-25+. The highest BCUT2D eigenvalue weighted by Gasteiger charge is 2.47. The number of benzene rings is 3. The van der Waals surface area contributed by atoms with Gasteiger partial charge >= 0.3 is 0 Å². The molecule has 3 aromatic rings. The zero-order valence-corrected chi connectivity index (χ0v) is 21.2. The first-order valence-electron chi connectivity index (χ1n) is 11.7. The molecule has 1 amide bonds. The van der Waals surface area contributed by atoms with E-state index in [0.717, 1.165) is 11.3 Å². The van der Waals surface area contributed by atoms with Crippen LogP contribution >= 0.6 is 0 Å². The number of carbonyl (C=O) groups excluding carboxylic acids is 2. The van der Waals surface area contributed by atoms with E-state index in [9.17, 15) is 14.7 Å². The normalized spacial score (nSPS) is 16.5. The molecule has 4 rings (SSSR count). The predicted molar refractivity (Wildman–Crippen MR) is 138 cm³/mol. The van der Waals surface area contributed by atoms with E-state index < -0.39 is 17.7 Å². The van der Waals surface area contributed by atoms with Crippen molar-refractivity contribution >= 4 is 17.4 Å². The fraction of sp³-hybridized carbons (Fsp3) is 0.241. The van der Waals surface area contributed by atoms with Crippen LogP contribution in [0.4, 0.5) is 0 Å². The molecule has 0 spiro atoms. The SMILES string of the molecule is COc1ccc(CCN2C(=O)C(=O)/C(=C(/O)c3cc(OC)ccc3OC)C2c2ccccc2OC)cc1. The fourth-order valence-electron chi connectivity index (χ4n) is 4.51. The molecule has 1 unspecified atom stereocenters. The van der Waals surface area contributed by atoms with Gasteiger partial charge in [0.1, 0.15) is 28.8 Å². The minimum absolute atomic E-state index is 0.0456. The minimum atomic E-state index is -0.870. The smallest absolute Gasteiger partial charge is 0.295 e. The summed E-state index contributed by atoms with van der Waals surface area (Å²) < 4.78 is 21.5. The third kappa shape index (κ3) is 4.95. The molecule has 0 aromatic heterocycles. The van der Waals surface area contributed by atoms with Crippen LogP contribution in [0.1, 0.15) is 22.7 Å². The Labute approximate surface area is 215 Å². The number of rotatable bonds is 9. The van der Waals surface area contributed by atoms with E-state index in [-0.39, 0.29) is 23.4 Å². The van der Waals surface area contributed by atoms with Gasteiger partial charge in [-0.3, -0.25) is 9.59 Å². The quantitative estimate of drug-likeness (QED) is 0.263. The second kappa shape index (κ2) is 11.1. The molecule has 1 N–H and O–H groups in total. The van der Waals surface area contributed by atoms with Crippen molar-refractivity contribution in [3.8, 4) is 23.0 Å². The number of likely N-dealkylation sites (tertiary alicyclic amines) is 1. The van der Waals surface area contributed by atoms with E-state index in [0.29, 0.717) is 29.2 Å². The molecule has 1 fully saturated rings. The number of para-hydroxylation sites is 1.